The van der Waals surface area contributed by atoms with Gasteiger partial charge >= 0.3 is 18.0 Å². The van der Waals surface area contributed by atoms with E-state index in [2.05, 4.69) is 0 Å². The van der Waals surface area contributed by atoms with Crippen LogP contribution in [0, 0.1) is 0 Å². The normalized spacial score (nSPS) is 19.0. The first-order chi connectivity index (χ1) is 13.7. The number of amides is 1. The maximum atomic E-state index is 12.6. The van der Waals surface area contributed by atoms with E-state index in [0.29, 0.717) is 12.8 Å². The Morgan fingerprint density at radius 3 is 2.45 bits per heavy atom. The van der Waals surface area contributed by atoms with Gasteiger partial charge in [-0.25, -0.2) is 9.59 Å². The second-order valence-corrected chi connectivity index (χ2v) is 7.56. The molecule has 0 unspecified atom stereocenters. The van der Waals surface area contributed by atoms with Crippen LogP contribution in [0.2, 0.25) is 0 Å². The highest BCUT2D eigenvalue weighted by Gasteiger charge is 2.43. The predicted molar refractivity (Wildman–Crippen MR) is 104 cm³/mol. The molecule has 0 saturated carbocycles. The molecular weight excluding hydrogens is 378 g/mol. The molecule has 2 atom stereocenters. The zero-order valence-electron chi connectivity index (χ0n) is 17.4. The summed E-state index contributed by atoms with van der Waals surface area (Å²) < 4.78 is 21.3. The minimum atomic E-state index is -0.766. The summed E-state index contributed by atoms with van der Waals surface area (Å²) in [5, 5.41) is 0. The average Bonchev–Trinajstić information content (AvgIpc) is 3.08. The topological polar surface area (TPSA) is 91.4 Å². The van der Waals surface area contributed by atoms with Crippen LogP contribution < -0.4 is 0 Å². The number of hydrogen-bond donors (Lipinski definition) is 0. The number of carbonyl (C=O) groups is 3. The van der Waals surface area contributed by atoms with E-state index in [1.54, 1.807) is 0 Å². The number of methoxy groups -OCH3 is 1. The van der Waals surface area contributed by atoms with Crippen LogP contribution in [0.4, 0.5) is 4.79 Å². The van der Waals surface area contributed by atoms with Crippen molar-refractivity contribution in [2.45, 2.75) is 58.0 Å². The van der Waals surface area contributed by atoms with Crippen molar-refractivity contribution in [1.29, 1.82) is 0 Å². The van der Waals surface area contributed by atoms with E-state index in [9.17, 15) is 14.4 Å². The molecule has 1 aromatic carbocycles. The molecule has 0 spiro atoms. The number of ether oxygens (including phenoxy) is 4. The summed E-state index contributed by atoms with van der Waals surface area (Å²) in [6.07, 6.45) is -0.155. The Labute approximate surface area is 171 Å². The van der Waals surface area contributed by atoms with Gasteiger partial charge in [0.1, 0.15) is 12.6 Å². The number of likely N-dealkylation sites (tertiary alicyclic amines) is 1. The summed E-state index contributed by atoms with van der Waals surface area (Å²) in [7, 11) is 1.28. The quantitative estimate of drug-likeness (QED) is 0.483. The van der Waals surface area contributed by atoms with Crippen molar-refractivity contribution in [3.8, 4) is 0 Å². The number of hydrogen-bond acceptors (Lipinski definition) is 7. The summed E-state index contributed by atoms with van der Waals surface area (Å²) in [4.78, 5) is 37.1. The number of nitrogens with zero attached hydrogens (tertiary/aromatic N) is 1. The smallest absolute Gasteiger partial charge is 0.410 e. The van der Waals surface area contributed by atoms with Gasteiger partial charge in [-0.2, -0.15) is 0 Å². The molecule has 8 heteroatoms. The lowest BCUT2D eigenvalue weighted by Crippen LogP contribution is -2.41. The molecule has 0 bridgehead atoms. The average molecular weight is 407 g/mol. The Bertz CT molecular complexity index is 704. The van der Waals surface area contributed by atoms with E-state index in [0.717, 1.165) is 5.56 Å². The third-order valence-corrected chi connectivity index (χ3v) is 4.67. The fourth-order valence-electron chi connectivity index (χ4n) is 3.20. The predicted octanol–water partition coefficient (Wildman–Crippen LogP) is 2.69. The third kappa shape index (κ3) is 7.05. The van der Waals surface area contributed by atoms with Crippen molar-refractivity contribution >= 4 is 18.0 Å². The number of rotatable bonds is 8. The van der Waals surface area contributed by atoms with E-state index >= 15 is 0 Å². The summed E-state index contributed by atoms with van der Waals surface area (Å²) >= 11 is 0. The lowest BCUT2D eigenvalue weighted by molar-refractivity contribution is -0.146. The lowest BCUT2D eigenvalue weighted by atomic mass is 10.0. The Hall–Kier alpha value is -2.61. The molecule has 1 saturated heterocycles. The zero-order chi connectivity index (χ0) is 21.4. The highest BCUT2D eigenvalue weighted by atomic mass is 16.6. The second kappa shape index (κ2) is 10.2. The third-order valence-electron chi connectivity index (χ3n) is 4.67. The van der Waals surface area contributed by atoms with Crippen molar-refractivity contribution in [3.05, 3.63) is 35.9 Å². The Kier molecular flexibility index (Phi) is 8.01. The standard InChI is InChI=1S/C21H29NO7/c1-15(23)27-11-10-21(2,3)29-17-12-18(19(24)26-4)22(13-17)20(25)28-14-16-8-6-5-7-9-16/h5-9,17-18H,10-14H2,1-4H3/t17-,18+/m1/s1. The zero-order valence-corrected chi connectivity index (χ0v) is 17.4. The van der Waals surface area contributed by atoms with E-state index in [4.69, 9.17) is 18.9 Å². The minimum absolute atomic E-state index is 0.115. The van der Waals surface area contributed by atoms with Crippen LogP contribution in [0.3, 0.4) is 0 Å². The molecule has 0 N–H and O–H groups in total. The van der Waals surface area contributed by atoms with E-state index in [1.807, 2.05) is 44.2 Å². The van der Waals surface area contributed by atoms with Crippen molar-refractivity contribution < 1.29 is 33.3 Å². The summed E-state index contributed by atoms with van der Waals surface area (Å²) in [5.74, 6) is -0.856. The van der Waals surface area contributed by atoms with Crippen molar-refractivity contribution in [3.63, 3.8) is 0 Å². The Morgan fingerprint density at radius 1 is 1.14 bits per heavy atom. The molecule has 29 heavy (non-hydrogen) atoms. The molecule has 1 fully saturated rings. The van der Waals surface area contributed by atoms with Crippen molar-refractivity contribution in [1.82, 2.24) is 4.90 Å². The Balaban J connectivity index is 1.96. The molecule has 1 heterocycles. The molecule has 1 amide bonds. The maximum absolute atomic E-state index is 12.6. The van der Waals surface area contributed by atoms with E-state index in [1.165, 1.54) is 18.9 Å². The second-order valence-electron chi connectivity index (χ2n) is 7.56. The van der Waals surface area contributed by atoms with E-state index in [-0.39, 0.29) is 31.8 Å². The number of esters is 2. The first kappa shape index (κ1) is 22.7. The first-order valence-corrected chi connectivity index (χ1v) is 9.58. The number of carbonyl (C=O) groups excluding carboxylic acids is 3. The van der Waals surface area contributed by atoms with Crippen LogP contribution in [0.1, 0.15) is 39.2 Å². The summed E-state index contributed by atoms with van der Waals surface area (Å²) in [6, 6.07) is 8.54. The molecule has 2 rings (SSSR count). The minimum Gasteiger partial charge on any atom is -0.467 e. The fourth-order valence-corrected chi connectivity index (χ4v) is 3.20. The van der Waals surface area contributed by atoms with Gasteiger partial charge in [-0.05, 0) is 19.4 Å². The molecule has 0 radical (unpaired) electrons. The maximum Gasteiger partial charge on any atom is 0.410 e. The molecule has 8 nitrogen and oxygen atoms in total. The molecule has 1 aliphatic heterocycles. The first-order valence-electron chi connectivity index (χ1n) is 9.58. The van der Waals surface area contributed by atoms with Crippen LogP contribution in [-0.2, 0) is 35.1 Å². The Morgan fingerprint density at radius 2 is 1.83 bits per heavy atom. The molecule has 1 aromatic rings. The van der Waals surface area contributed by atoms with Gasteiger partial charge in [0.2, 0.25) is 0 Å². The number of benzene rings is 1. The van der Waals surface area contributed by atoms with Crippen LogP contribution in [0.5, 0.6) is 0 Å². The highest BCUT2D eigenvalue weighted by molar-refractivity contribution is 5.82. The molecule has 160 valence electrons. The van der Waals surface area contributed by atoms with Gasteiger partial charge < -0.3 is 18.9 Å². The lowest BCUT2D eigenvalue weighted by Gasteiger charge is -2.28. The molecule has 1 aliphatic rings. The van der Waals surface area contributed by atoms with Gasteiger partial charge in [-0.3, -0.25) is 9.69 Å². The van der Waals surface area contributed by atoms with Crippen molar-refractivity contribution in [2.24, 2.45) is 0 Å². The van der Waals surface area contributed by atoms with Gasteiger partial charge in [-0.1, -0.05) is 30.3 Å². The highest BCUT2D eigenvalue weighted by Crippen LogP contribution is 2.28. The van der Waals surface area contributed by atoms with Gasteiger partial charge in [0.05, 0.1) is 32.0 Å². The van der Waals surface area contributed by atoms with Gasteiger partial charge in [0.15, 0.2) is 0 Å². The van der Waals surface area contributed by atoms with Crippen LogP contribution >= 0.6 is 0 Å². The molecule has 0 aliphatic carbocycles. The van der Waals surface area contributed by atoms with Gasteiger partial charge in [0, 0.05) is 19.8 Å². The summed E-state index contributed by atoms with van der Waals surface area (Å²) in [6.45, 7) is 5.66. The SMILES string of the molecule is COC(=O)[C@@H]1C[C@@H](OC(C)(C)CCOC(C)=O)CN1C(=O)OCc1ccccc1. The molecular formula is C21H29NO7. The van der Waals surface area contributed by atoms with Crippen molar-refractivity contribution in [2.75, 3.05) is 20.3 Å². The van der Waals surface area contributed by atoms with Gasteiger partial charge in [0.25, 0.3) is 0 Å². The van der Waals surface area contributed by atoms with Crippen LogP contribution in [0.25, 0.3) is 0 Å². The van der Waals surface area contributed by atoms with Crippen LogP contribution in [0.15, 0.2) is 30.3 Å². The van der Waals surface area contributed by atoms with Crippen LogP contribution in [-0.4, -0.2) is 60.9 Å². The summed E-state index contributed by atoms with van der Waals surface area (Å²) in [5.41, 5.74) is 0.263. The van der Waals surface area contributed by atoms with Gasteiger partial charge in [-0.15, -0.1) is 0 Å². The monoisotopic (exact) mass is 407 g/mol. The van der Waals surface area contributed by atoms with E-state index < -0.39 is 23.7 Å². The fraction of sp³-hybridized carbons (Fsp3) is 0.571. The largest absolute Gasteiger partial charge is 0.467 e. The molecule has 0 aromatic heterocycles.